The zero-order valence-electron chi connectivity index (χ0n) is 9.71. The number of halogens is 5. The van der Waals surface area contributed by atoms with Crippen molar-refractivity contribution in [1.29, 1.82) is 0 Å². The molecule has 0 unspecified atom stereocenters. The fraction of sp³-hybridized carbons (Fsp3) is 0.417. The van der Waals surface area contributed by atoms with Gasteiger partial charge in [0.25, 0.3) is 0 Å². The van der Waals surface area contributed by atoms with Gasteiger partial charge in [0, 0.05) is 6.42 Å². The number of carbonyl (C=O) groups excluding carboxylic acids is 1. The summed E-state index contributed by atoms with van der Waals surface area (Å²) in [4.78, 5) is 10.5. The van der Waals surface area contributed by atoms with Gasteiger partial charge in [-0.1, -0.05) is 12.1 Å². The van der Waals surface area contributed by atoms with Gasteiger partial charge in [-0.05, 0) is 42.1 Å². The molecule has 1 rings (SSSR count). The van der Waals surface area contributed by atoms with Gasteiger partial charge in [-0.3, -0.25) is 4.79 Å². The minimum Gasteiger partial charge on any atom is -0.428 e. The summed E-state index contributed by atoms with van der Waals surface area (Å²) in [5, 5.41) is -0.448. The average molecular weight is 299 g/mol. The van der Waals surface area contributed by atoms with Crippen LogP contribution in [0.25, 0.3) is 0 Å². The van der Waals surface area contributed by atoms with Crippen LogP contribution in [0.2, 0.25) is 0 Å². The lowest BCUT2D eigenvalue weighted by molar-refractivity contribution is -0.253. The Hall–Kier alpha value is -1.30. The van der Waals surface area contributed by atoms with Crippen LogP contribution in [0.4, 0.5) is 17.6 Å². The van der Waals surface area contributed by atoms with Crippen molar-refractivity contribution in [3.05, 3.63) is 29.8 Å². The molecule has 0 spiro atoms. The van der Waals surface area contributed by atoms with Crippen molar-refractivity contribution < 1.29 is 27.1 Å². The van der Waals surface area contributed by atoms with Crippen molar-refractivity contribution in [2.45, 2.75) is 31.8 Å². The van der Waals surface area contributed by atoms with Crippen molar-refractivity contribution >= 4 is 16.8 Å². The van der Waals surface area contributed by atoms with E-state index in [0.29, 0.717) is 12.8 Å². The number of benzene rings is 1. The third-order valence-corrected chi connectivity index (χ3v) is 2.46. The Kier molecular flexibility index (Phi) is 5.60. The summed E-state index contributed by atoms with van der Waals surface area (Å²) >= 11 is 5.16. The molecule has 2 nitrogen and oxygen atoms in total. The highest BCUT2D eigenvalue weighted by Crippen LogP contribution is 2.27. The van der Waals surface area contributed by atoms with E-state index in [9.17, 15) is 22.4 Å². The van der Waals surface area contributed by atoms with E-state index in [-0.39, 0.29) is 12.2 Å². The van der Waals surface area contributed by atoms with Crippen molar-refractivity contribution in [3.63, 3.8) is 0 Å². The second kappa shape index (κ2) is 6.75. The Morgan fingerprint density at radius 3 is 2.32 bits per heavy atom. The molecule has 0 heterocycles. The van der Waals surface area contributed by atoms with Crippen LogP contribution in [0.5, 0.6) is 5.75 Å². The maximum Gasteiger partial charge on any atom is 0.461 e. The fourth-order valence-electron chi connectivity index (χ4n) is 1.36. The van der Waals surface area contributed by atoms with Crippen LogP contribution < -0.4 is 4.74 Å². The van der Waals surface area contributed by atoms with Gasteiger partial charge in [0.2, 0.25) is 5.24 Å². The van der Waals surface area contributed by atoms with Gasteiger partial charge in [-0.15, -0.1) is 0 Å². The number of carbonyl (C=O) groups is 1. The highest BCUT2D eigenvalue weighted by atomic mass is 35.5. The van der Waals surface area contributed by atoms with Crippen LogP contribution in [0.3, 0.4) is 0 Å². The van der Waals surface area contributed by atoms with Gasteiger partial charge in [0.05, 0.1) is 0 Å². The predicted octanol–water partition coefficient (Wildman–Crippen LogP) is 4.01. The topological polar surface area (TPSA) is 26.3 Å². The zero-order chi connectivity index (χ0) is 14.5. The third-order valence-electron chi connectivity index (χ3n) is 2.27. The van der Waals surface area contributed by atoms with Crippen LogP contribution in [-0.2, 0) is 11.2 Å². The smallest absolute Gasteiger partial charge is 0.428 e. The Morgan fingerprint density at radius 1 is 1.26 bits per heavy atom. The molecule has 0 aliphatic heterocycles. The molecule has 0 amide bonds. The second-order valence-electron chi connectivity index (χ2n) is 3.82. The van der Waals surface area contributed by atoms with Gasteiger partial charge in [0.1, 0.15) is 5.75 Å². The largest absolute Gasteiger partial charge is 0.461 e. The molecular formula is C12H11ClF4O2. The van der Waals surface area contributed by atoms with Gasteiger partial charge in [0.15, 0.2) is 0 Å². The summed E-state index contributed by atoms with van der Waals surface area (Å²) < 4.78 is 52.9. The van der Waals surface area contributed by atoms with E-state index in [4.69, 9.17) is 11.6 Å². The Balaban J connectivity index is 2.54. The van der Waals surface area contributed by atoms with Gasteiger partial charge in [-0.25, -0.2) is 0 Å². The van der Waals surface area contributed by atoms with Crippen molar-refractivity contribution in [2.24, 2.45) is 0 Å². The first-order chi connectivity index (χ1) is 8.81. The molecule has 0 radical (unpaired) electrons. The molecule has 0 fully saturated rings. The van der Waals surface area contributed by atoms with Gasteiger partial charge < -0.3 is 4.74 Å². The first kappa shape index (κ1) is 15.8. The Morgan fingerprint density at radius 2 is 1.84 bits per heavy atom. The lowest BCUT2D eigenvalue weighted by Crippen LogP contribution is -2.33. The van der Waals surface area contributed by atoms with Crippen molar-refractivity contribution in [1.82, 2.24) is 0 Å². The molecule has 7 heteroatoms. The fourth-order valence-corrected chi connectivity index (χ4v) is 1.49. The molecule has 0 bridgehead atoms. The Labute approximate surface area is 112 Å². The number of alkyl halides is 4. The van der Waals surface area contributed by atoms with E-state index in [1.807, 2.05) is 0 Å². The minimum atomic E-state index is -4.51. The molecule has 0 aliphatic rings. The van der Waals surface area contributed by atoms with Crippen LogP contribution in [0.15, 0.2) is 24.3 Å². The summed E-state index contributed by atoms with van der Waals surface area (Å²) in [7, 11) is 0. The monoisotopic (exact) mass is 298 g/mol. The lowest BCUT2D eigenvalue weighted by Gasteiger charge is -2.16. The predicted molar refractivity (Wildman–Crippen MR) is 61.8 cm³/mol. The summed E-state index contributed by atoms with van der Waals surface area (Å²) in [6.07, 6.45) is -7.13. The average Bonchev–Trinajstić information content (AvgIpc) is 2.30. The molecule has 0 aliphatic carbocycles. The third kappa shape index (κ3) is 5.46. The number of hydrogen-bond donors (Lipinski definition) is 0. The first-order valence-electron chi connectivity index (χ1n) is 5.43. The van der Waals surface area contributed by atoms with Crippen molar-refractivity contribution in [2.75, 3.05) is 0 Å². The van der Waals surface area contributed by atoms with E-state index in [1.54, 1.807) is 0 Å². The summed E-state index contributed by atoms with van der Waals surface area (Å²) in [5.41, 5.74) is 0.769. The number of aryl methyl sites for hydroxylation is 1. The zero-order valence-corrected chi connectivity index (χ0v) is 10.5. The van der Waals surface area contributed by atoms with E-state index in [0.717, 1.165) is 5.56 Å². The SMILES string of the molecule is O=C(Cl)CCCc1ccc(OC(F)(F)C(F)F)cc1. The molecule has 0 saturated carbocycles. The maximum atomic E-state index is 12.6. The molecule has 0 aromatic heterocycles. The molecule has 1 aromatic rings. The summed E-state index contributed by atoms with van der Waals surface area (Å²) in [5.74, 6) is -0.345. The lowest BCUT2D eigenvalue weighted by atomic mass is 10.1. The molecular weight excluding hydrogens is 288 g/mol. The highest BCUT2D eigenvalue weighted by Gasteiger charge is 2.43. The molecule has 0 saturated heterocycles. The quantitative estimate of drug-likeness (QED) is 0.561. The van der Waals surface area contributed by atoms with Crippen molar-refractivity contribution in [3.8, 4) is 5.75 Å². The number of rotatable bonds is 7. The highest BCUT2D eigenvalue weighted by molar-refractivity contribution is 6.63. The minimum absolute atomic E-state index is 0.212. The van der Waals surface area contributed by atoms with Crippen LogP contribution in [0.1, 0.15) is 18.4 Å². The molecule has 106 valence electrons. The molecule has 0 N–H and O–H groups in total. The molecule has 19 heavy (non-hydrogen) atoms. The molecule has 0 atom stereocenters. The van der Waals surface area contributed by atoms with E-state index in [2.05, 4.69) is 4.74 Å². The molecule has 1 aromatic carbocycles. The maximum absolute atomic E-state index is 12.6. The van der Waals surface area contributed by atoms with E-state index in [1.165, 1.54) is 24.3 Å². The number of ether oxygens (including phenoxy) is 1. The van der Waals surface area contributed by atoms with Gasteiger partial charge in [-0.2, -0.15) is 17.6 Å². The normalized spacial score (nSPS) is 11.7. The summed E-state index contributed by atoms with van der Waals surface area (Å²) in [6.45, 7) is 0. The summed E-state index contributed by atoms with van der Waals surface area (Å²) in [6, 6.07) is 5.29. The van der Waals surface area contributed by atoms with E-state index >= 15 is 0 Å². The second-order valence-corrected chi connectivity index (χ2v) is 4.24. The van der Waals surface area contributed by atoms with Crippen LogP contribution in [-0.4, -0.2) is 17.8 Å². The van der Waals surface area contributed by atoms with E-state index < -0.39 is 17.8 Å². The first-order valence-corrected chi connectivity index (χ1v) is 5.81. The van der Waals surface area contributed by atoms with Gasteiger partial charge >= 0.3 is 12.5 Å². The van der Waals surface area contributed by atoms with Crippen LogP contribution in [0, 0.1) is 0 Å². The Bertz CT molecular complexity index is 420. The standard InChI is InChI=1S/C12H11ClF4O2/c13-10(18)3-1-2-8-4-6-9(7-5-8)19-12(16,17)11(14)15/h4-7,11H,1-3H2. The van der Waals surface area contributed by atoms with Crippen LogP contribution >= 0.6 is 11.6 Å². The number of hydrogen-bond acceptors (Lipinski definition) is 2.